The second-order valence-electron chi connectivity index (χ2n) is 5.02. The fourth-order valence-corrected chi connectivity index (χ4v) is 2.57. The summed E-state index contributed by atoms with van der Waals surface area (Å²) >= 11 is 0. The van der Waals surface area contributed by atoms with E-state index in [4.69, 9.17) is 0 Å². The van der Waals surface area contributed by atoms with Gasteiger partial charge in [-0.3, -0.25) is 4.68 Å². The van der Waals surface area contributed by atoms with E-state index in [2.05, 4.69) is 41.2 Å². The van der Waals surface area contributed by atoms with Crippen molar-refractivity contribution in [1.29, 1.82) is 0 Å². The van der Waals surface area contributed by atoms with E-state index in [1.165, 1.54) is 0 Å². The van der Waals surface area contributed by atoms with Gasteiger partial charge in [-0.1, -0.05) is 13.8 Å². The number of rotatable bonds is 6. The lowest BCUT2D eigenvalue weighted by Crippen LogP contribution is -2.33. The van der Waals surface area contributed by atoms with Gasteiger partial charge in [0.25, 0.3) is 0 Å². The molecular weight excluding hydrogens is 238 g/mol. The van der Waals surface area contributed by atoms with Crippen molar-refractivity contribution in [2.75, 3.05) is 6.54 Å². The Kier molecular flexibility index (Phi) is 4.47. The zero-order valence-corrected chi connectivity index (χ0v) is 12.2. The largest absolute Gasteiger partial charge is 0.314 e. The lowest BCUT2D eigenvalue weighted by Gasteiger charge is -2.23. The summed E-state index contributed by atoms with van der Waals surface area (Å²) in [4.78, 5) is 8.82. The summed E-state index contributed by atoms with van der Waals surface area (Å²) in [5.74, 6) is 0.390. The number of aromatic nitrogens is 4. The van der Waals surface area contributed by atoms with Gasteiger partial charge in [-0.05, 0) is 26.3 Å². The van der Waals surface area contributed by atoms with Crippen LogP contribution in [0, 0.1) is 0 Å². The predicted molar refractivity (Wildman–Crippen MR) is 77.1 cm³/mol. The van der Waals surface area contributed by atoms with Crippen molar-refractivity contribution in [3.63, 3.8) is 0 Å². The van der Waals surface area contributed by atoms with E-state index in [1.54, 1.807) is 11.0 Å². The Morgan fingerprint density at radius 1 is 1.32 bits per heavy atom. The SMILES string of the molecule is CCCNC(C)C(CC)c1ncnc2c1cnn2C. The minimum absolute atomic E-state index is 0.390. The molecule has 2 rings (SSSR count). The summed E-state index contributed by atoms with van der Waals surface area (Å²) in [6.07, 6.45) is 5.72. The van der Waals surface area contributed by atoms with Crippen LogP contribution in [-0.2, 0) is 7.05 Å². The molecule has 104 valence electrons. The van der Waals surface area contributed by atoms with Crippen LogP contribution in [0.4, 0.5) is 0 Å². The van der Waals surface area contributed by atoms with Gasteiger partial charge in [-0.2, -0.15) is 5.10 Å². The molecular formula is C14H23N5. The quantitative estimate of drug-likeness (QED) is 0.866. The second kappa shape index (κ2) is 6.10. The highest BCUT2D eigenvalue weighted by Gasteiger charge is 2.21. The molecule has 0 aliphatic carbocycles. The van der Waals surface area contributed by atoms with Crippen molar-refractivity contribution in [3.8, 4) is 0 Å². The van der Waals surface area contributed by atoms with Crippen LogP contribution in [0.2, 0.25) is 0 Å². The van der Waals surface area contributed by atoms with Crippen LogP contribution in [0.25, 0.3) is 11.0 Å². The van der Waals surface area contributed by atoms with Crippen molar-refractivity contribution < 1.29 is 0 Å². The molecule has 2 heterocycles. The van der Waals surface area contributed by atoms with Gasteiger partial charge in [-0.15, -0.1) is 0 Å². The van der Waals surface area contributed by atoms with Gasteiger partial charge in [0.15, 0.2) is 5.65 Å². The lowest BCUT2D eigenvalue weighted by molar-refractivity contribution is 0.445. The monoisotopic (exact) mass is 261 g/mol. The smallest absolute Gasteiger partial charge is 0.161 e. The average molecular weight is 261 g/mol. The summed E-state index contributed by atoms with van der Waals surface area (Å²) in [6, 6.07) is 0.406. The van der Waals surface area contributed by atoms with Crippen LogP contribution in [-0.4, -0.2) is 32.3 Å². The first-order valence-electron chi connectivity index (χ1n) is 7.05. The first-order chi connectivity index (χ1) is 9.19. The topological polar surface area (TPSA) is 55.6 Å². The standard InChI is InChI=1S/C14H23N5/c1-5-7-15-10(3)11(6-2)13-12-8-18-19(4)14(12)17-9-16-13/h8-11,15H,5-7H2,1-4H3. The Morgan fingerprint density at radius 2 is 2.11 bits per heavy atom. The fraction of sp³-hybridized carbons (Fsp3) is 0.643. The van der Waals surface area contributed by atoms with Crippen molar-refractivity contribution >= 4 is 11.0 Å². The van der Waals surface area contributed by atoms with Crippen molar-refractivity contribution in [2.24, 2.45) is 7.05 Å². The molecule has 0 aliphatic rings. The highest BCUT2D eigenvalue weighted by atomic mass is 15.3. The van der Waals surface area contributed by atoms with Gasteiger partial charge < -0.3 is 5.32 Å². The normalized spacial score (nSPS) is 14.7. The Morgan fingerprint density at radius 3 is 2.79 bits per heavy atom. The summed E-state index contributed by atoms with van der Waals surface area (Å²) in [5, 5.41) is 8.93. The summed E-state index contributed by atoms with van der Waals surface area (Å²) in [5.41, 5.74) is 2.02. The van der Waals surface area contributed by atoms with Crippen LogP contribution in [0.3, 0.4) is 0 Å². The molecule has 5 heteroatoms. The van der Waals surface area contributed by atoms with Crippen molar-refractivity contribution in [2.45, 2.75) is 45.6 Å². The first kappa shape index (κ1) is 13.9. The van der Waals surface area contributed by atoms with Gasteiger partial charge in [0, 0.05) is 19.0 Å². The second-order valence-corrected chi connectivity index (χ2v) is 5.02. The first-order valence-corrected chi connectivity index (χ1v) is 7.05. The number of aryl methyl sites for hydroxylation is 1. The third-order valence-electron chi connectivity index (χ3n) is 3.67. The summed E-state index contributed by atoms with van der Waals surface area (Å²) in [6.45, 7) is 7.66. The molecule has 2 unspecified atom stereocenters. The minimum Gasteiger partial charge on any atom is -0.314 e. The Bertz CT molecular complexity index is 534. The maximum absolute atomic E-state index is 4.52. The number of nitrogens with one attached hydrogen (secondary N) is 1. The fourth-order valence-electron chi connectivity index (χ4n) is 2.57. The van der Waals surface area contributed by atoms with E-state index in [-0.39, 0.29) is 0 Å². The minimum atomic E-state index is 0.390. The highest BCUT2D eigenvalue weighted by Crippen LogP contribution is 2.27. The van der Waals surface area contributed by atoms with Crippen LogP contribution >= 0.6 is 0 Å². The number of fused-ring (bicyclic) bond motifs is 1. The molecule has 0 bridgehead atoms. The molecule has 5 nitrogen and oxygen atoms in total. The van der Waals surface area contributed by atoms with E-state index in [1.807, 2.05) is 13.2 Å². The Labute approximate surface area is 114 Å². The predicted octanol–water partition coefficient (Wildman–Crippen LogP) is 2.25. The molecule has 2 aromatic heterocycles. The molecule has 2 atom stereocenters. The van der Waals surface area contributed by atoms with Crippen molar-refractivity contribution in [3.05, 3.63) is 18.2 Å². The molecule has 0 amide bonds. The third kappa shape index (κ3) is 2.76. The van der Waals surface area contributed by atoms with E-state index < -0.39 is 0 Å². The van der Waals surface area contributed by atoms with E-state index in [9.17, 15) is 0 Å². The maximum atomic E-state index is 4.52. The molecule has 0 fully saturated rings. The molecule has 0 radical (unpaired) electrons. The number of hydrogen-bond acceptors (Lipinski definition) is 4. The van der Waals surface area contributed by atoms with Gasteiger partial charge in [0.05, 0.1) is 17.3 Å². The van der Waals surface area contributed by atoms with E-state index >= 15 is 0 Å². The molecule has 1 N–H and O–H groups in total. The zero-order chi connectivity index (χ0) is 13.8. The van der Waals surface area contributed by atoms with Gasteiger partial charge in [0.1, 0.15) is 6.33 Å². The molecule has 0 aliphatic heterocycles. The van der Waals surface area contributed by atoms with E-state index in [0.29, 0.717) is 12.0 Å². The zero-order valence-electron chi connectivity index (χ0n) is 12.2. The molecule has 2 aromatic rings. The van der Waals surface area contributed by atoms with E-state index in [0.717, 1.165) is 36.1 Å². The average Bonchev–Trinajstić information content (AvgIpc) is 2.80. The molecule has 0 aromatic carbocycles. The van der Waals surface area contributed by atoms with Crippen LogP contribution in [0.5, 0.6) is 0 Å². The number of hydrogen-bond donors (Lipinski definition) is 1. The molecule has 0 spiro atoms. The van der Waals surface area contributed by atoms with Crippen molar-refractivity contribution in [1.82, 2.24) is 25.1 Å². The van der Waals surface area contributed by atoms with Crippen LogP contribution in [0.15, 0.2) is 12.5 Å². The Balaban J connectivity index is 2.35. The molecule has 0 saturated carbocycles. The van der Waals surface area contributed by atoms with Gasteiger partial charge in [0.2, 0.25) is 0 Å². The van der Waals surface area contributed by atoms with Crippen LogP contribution in [0.1, 0.15) is 45.2 Å². The lowest BCUT2D eigenvalue weighted by atomic mass is 9.92. The number of nitrogens with zero attached hydrogens (tertiary/aromatic N) is 4. The van der Waals surface area contributed by atoms with Crippen LogP contribution < -0.4 is 5.32 Å². The van der Waals surface area contributed by atoms with Gasteiger partial charge >= 0.3 is 0 Å². The molecule has 19 heavy (non-hydrogen) atoms. The summed E-state index contributed by atoms with van der Waals surface area (Å²) < 4.78 is 1.80. The maximum Gasteiger partial charge on any atom is 0.161 e. The highest BCUT2D eigenvalue weighted by molar-refractivity contribution is 5.77. The van der Waals surface area contributed by atoms with Gasteiger partial charge in [-0.25, -0.2) is 9.97 Å². The Hall–Kier alpha value is -1.49. The summed E-state index contributed by atoms with van der Waals surface area (Å²) in [7, 11) is 1.92. The third-order valence-corrected chi connectivity index (χ3v) is 3.67. The molecule has 0 saturated heterocycles.